The Balaban J connectivity index is 3.02. The Kier molecular flexibility index (Phi) is 4.49. The number of allylic oxidation sites excluding steroid dienone is 1. The molecular formula is C14H22O3. The molecule has 0 saturated heterocycles. The highest BCUT2D eigenvalue weighted by atomic mass is 16.5. The Bertz CT molecular complexity index is 313. The van der Waals surface area contributed by atoms with Crippen molar-refractivity contribution < 1.29 is 14.3 Å². The van der Waals surface area contributed by atoms with Crippen LogP contribution in [0.1, 0.15) is 39.5 Å². The maximum Gasteiger partial charge on any atom is 0.316 e. The number of ether oxygens (including phenoxy) is 1. The van der Waals surface area contributed by atoms with Crippen LogP contribution in [0.3, 0.4) is 0 Å². The summed E-state index contributed by atoms with van der Waals surface area (Å²) in [6.07, 6.45) is 4.82. The third-order valence-electron chi connectivity index (χ3n) is 4.25. The fourth-order valence-electron chi connectivity index (χ4n) is 2.81. The summed E-state index contributed by atoms with van der Waals surface area (Å²) in [5.74, 6) is -0.602. The van der Waals surface area contributed by atoms with Crippen LogP contribution in [0, 0.1) is 17.3 Å². The van der Waals surface area contributed by atoms with Crippen molar-refractivity contribution in [3.8, 4) is 0 Å². The molecule has 0 aliphatic heterocycles. The topological polar surface area (TPSA) is 43.4 Å². The lowest BCUT2D eigenvalue weighted by molar-refractivity contribution is -0.160. The molecule has 3 nitrogen and oxygen atoms in total. The van der Waals surface area contributed by atoms with E-state index in [-0.39, 0.29) is 17.2 Å². The van der Waals surface area contributed by atoms with Crippen molar-refractivity contribution in [2.24, 2.45) is 17.3 Å². The van der Waals surface area contributed by atoms with E-state index in [9.17, 15) is 9.59 Å². The minimum Gasteiger partial charge on any atom is -0.468 e. The Labute approximate surface area is 103 Å². The normalized spacial score (nSPS) is 33.2. The fourth-order valence-corrected chi connectivity index (χ4v) is 2.81. The van der Waals surface area contributed by atoms with Crippen molar-refractivity contribution in [3.05, 3.63) is 12.7 Å². The van der Waals surface area contributed by atoms with Gasteiger partial charge in [-0.3, -0.25) is 9.59 Å². The maximum absolute atomic E-state index is 12.0. The van der Waals surface area contributed by atoms with E-state index < -0.39 is 5.92 Å². The highest BCUT2D eigenvalue weighted by molar-refractivity contribution is 6.00. The van der Waals surface area contributed by atoms with E-state index in [0.717, 1.165) is 19.3 Å². The quantitative estimate of drug-likeness (QED) is 0.429. The summed E-state index contributed by atoms with van der Waals surface area (Å²) in [5, 5.41) is 0. The zero-order valence-electron chi connectivity index (χ0n) is 11.0. The van der Waals surface area contributed by atoms with Crippen molar-refractivity contribution in [2.45, 2.75) is 39.5 Å². The zero-order chi connectivity index (χ0) is 13.1. The summed E-state index contributed by atoms with van der Waals surface area (Å²) in [7, 11) is 1.35. The van der Waals surface area contributed by atoms with Gasteiger partial charge in [-0.1, -0.05) is 19.9 Å². The molecule has 1 unspecified atom stereocenters. The number of ketones is 1. The molecule has 3 atom stereocenters. The minimum atomic E-state index is -0.601. The van der Waals surface area contributed by atoms with Gasteiger partial charge >= 0.3 is 5.97 Å². The molecule has 3 heteroatoms. The predicted octanol–water partition coefficient (Wildman–Crippen LogP) is 2.75. The van der Waals surface area contributed by atoms with Crippen LogP contribution in [0.15, 0.2) is 12.7 Å². The molecule has 1 aliphatic rings. The van der Waals surface area contributed by atoms with Gasteiger partial charge < -0.3 is 4.74 Å². The molecule has 0 radical (unpaired) electrons. The molecule has 0 aromatic heterocycles. The van der Waals surface area contributed by atoms with E-state index in [2.05, 4.69) is 13.5 Å². The van der Waals surface area contributed by atoms with Crippen molar-refractivity contribution >= 4 is 11.8 Å². The summed E-state index contributed by atoms with van der Waals surface area (Å²) in [6, 6.07) is 0. The molecular weight excluding hydrogens is 216 g/mol. The van der Waals surface area contributed by atoms with Gasteiger partial charge in [-0.15, -0.1) is 6.58 Å². The monoisotopic (exact) mass is 238 g/mol. The Morgan fingerprint density at radius 3 is 2.82 bits per heavy atom. The van der Waals surface area contributed by atoms with E-state index in [1.54, 1.807) is 0 Å². The second kappa shape index (κ2) is 5.48. The van der Waals surface area contributed by atoms with Crippen LogP contribution in [-0.4, -0.2) is 18.9 Å². The van der Waals surface area contributed by atoms with Gasteiger partial charge in [0.25, 0.3) is 0 Å². The van der Waals surface area contributed by atoms with Crippen LogP contribution < -0.4 is 0 Å². The van der Waals surface area contributed by atoms with E-state index in [0.29, 0.717) is 12.3 Å². The van der Waals surface area contributed by atoms with Crippen molar-refractivity contribution in [3.63, 3.8) is 0 Å². The average Bonchev–Trinajstić information content (AvgIpc) is 2.31. The fraction of sp³-hybridized carbons (Fsp3) is 0.714. The molecule has 0 aromatic rings. The Morgan fingerprint density at radius 1 is 1.65 bits per heavy atom. The molecule has 1 saturated carbocycles. The van der Waals surface area contributed by atoms with Gasteiger partial charge in [0.15, 0.2) is 0 Å². The molecule has 17 heavy (non-hydrogen) atoms. The first-order valence-corrected chi connectivity index (χ1v) is 6.18. The number of rotatable bonds is 4. The second-order valence-corrected chi connectivity index (χ2v) is 5.20. The summed E-state index contributed by atoms with van der Waals surface area (Å²) < 4.78 is 4.80. The molecule has 1 fully saturated rings. The van der Waals surface area contributed by atoms with Crippen LogP contribution in [0.25, 0.3) is 0 Å². The zero-order valence-corrected chi connectivity index (χ0v) is 11.0. The highest BCUT2D eigenvalue weighted by Crippen LogP contribution is 2.47. The van der Waals surface area contributed by atoms with E-state index in [1.807, 2.05) is 13.0 Å². The van der Waals surface area contributed by atoms with Gasteiger partial charge in [0, 0.05) is 6.42 Å². The van der Waals surface area contributed by atoms with Gasteiger partial charge in [-0.25, -0.2) is 0 Å². The smallest absolute Gasteiger partial charge is 0.316 e. The van der Waals surface area contributed by atoms with Crippen LogP contribution in [0.2, 0.25) is 0 Å². The maximum atomic E-state index is 12.0. The SMILES string of the molecule is C=CCC[C@@]1(C)C(C(=O)OC)C(=O)CC[C@@H]1C. The average molecular weight is 238 g/mol. The minimum absolute atomic E-state index is 0.0292. The predicted molar refractivity (Wildman–Crippen MR) is 66.4 cm³/mol. The number of hydrogen-bond donors (Lipinski definition) is 0. The van der Waals surface area contributed by atoms with Gasteiger partial charge in [0.2, 0.25) is 0 Å². The molecule has 0 heterocycles. The third kappa shape index (κ3) is 2.59. The van der Waals surface area contributed by atoms with E-state index >= 15 is 0 Å². The summed E-state index contributed by atoms with van der Waals surface area (Å²) in [4.78, 5) is 23.8. The largest absolute Gasteiger partial charge is 0.468 e. The van der Waals surface area contributed by atoms with Crippen molar-refractivity contribution in [1.29, 1.82) is 0 Å². The number of carbonyl (C=O) groups excluding carboxylic acids is 2. The van der Waals surface area contributed by atoms with Gasteiger partial charge in [0.05, 0.1) is 7.11 Å². The van der Waals surface area contributed by atoms with Crippen molar-refractivity contribution in [1.82, 2.24) is 0 Å². The van der Waals surface area contributed by atoms with Crippen LogP contribution in [0.5, 0.6) is 0 Å². The molecule has 96 valence electrons. The first kappa shape index (κ1) is 13.9. The third-order valence-corrected chi connectivity index (χ3v) is 4.25. The van der Waals surface area contributed by atoms with Crippen LogP contribution >= 0.6 is 0 Å². The first-order valence-electron chi connectivity index (χ1n) is 6.18. The van der Waals surface area contributed by atoms with Gasteiger partial charge in [-0.2, -0.15) is 0 Å². The first-order chi connectivity index (χ1) is 7.97. The van der Waals surface area contributed by atoms with Crippen LogP contribution in [-0.2, 0) is 14.3 Å². The molecule has 1 aliphatic carbocycles. The number of esters is 1. The van der Waals surface area contributed by atoms with Gasteiger partial charge in [0.1, 0.15) is 11.7 Å². The standard InChI is InChI=1S/C14H22O3/c1-5-6-9-14(3)10(2)7-8-11(15)12(14)13(16)17-4/h5,10,12H,1,6-9H2,2-4H3/t10-,12?,14+/m0/s1. The lowest BCUT2D eigenvalue weighted by atomic mass is 9.59. The highest BCUT2D eigenvalue weighted by Gasteiger charge is 2.49. The van der Waals surface area contributed by atoms with Gasteiger partial charge in [-0.05, 0) is 30.6 Å². The molecule has 0 bridgehead atoms. The number of methoxy groups -OCH3 is 1. The van der Waals surface area contributed by atoms with Crippen molar-refractivity contribution in [2.75, 3.05) is 7.11 Å². The molecule has 0 aromatic carbocycles. The van der Waals surface area contributed by atoms with E-state index in [4.69, 9.17) is 4.74 Å². The van der Waals surface area contributed by atoms with E-state index in [1.165, 1.54) is 7.11 Å². The number of carbonyl (C=O) groups is 2. The number of hydrogen-bond acceptors (Lipinski definition) is 3. The Morgan fingerprint density at radius 2 is 2.29 bits per heavy atom. The number of Topliss-reactive ketones (excluding diaryl/α,β-unsaturated/α-hetero) is 1. The lowest BCUT2D eigenvalue weighted by Gasteiger charge is -2.43. The van der Waals surface area contributed by atoms with Crippen LogP contribution in [0.4, 0.5) is 0 Å². The summed E-state index contributed by atoms with van der Waals surface area (Å²) in [6.45, 7) is 7.85. The Hall–Kier alpha value is -1.12. The summed E-state index contributed by atoms with van der Waals surface area (Å²) >= 11 is 0. The summed E-state index contributed by atoms with van der Waals surface area (Å²) in [5.41, 5.74) is -0.295. The molecule has 0 amide bonds. The lowest BCUT2D eigenvalue weighted by Crippen LogP contribution is -2.47. The molecule has 1 rings (SSSR count). The molecule has 0 N–H and O–H groups in total. The second-order valence-electron chi connectivity index (χ2n) is 5.20. The molecule has 0 spiro atoms.